The molecular weight excluding hydrogens is 298 g/mol. The highest BCUT2D eigenvalue weighted by atomic mass is 16.7. The zero-order valence-electron chi connectivity index (χ0n) is 12.8. The maximum Gasteiger partial charge on any atom is 0.404 e. The Kier molecular flexibility index (Phi) is 4.64. The Bertz CT molecular complexity index is 694. The molecule has 0 radical (unpaired) electrons. The van der Waals surface area contributed by atoms with Crippen molar-refractivity contribution < 1.29 is 24.1 Å². The van der Waals surface area contributed by atoms with E-state index in [1.165, 1.54) is 0 Å². The second-order valence-electron chi connectivity index (χ2n) is 5.41. The zero-order valence-corrected chi connectivity index (χ0v) is 12.8. The molecule has 23 heavy (non-hydrogen) atoms. The van der Waals surface area contributed by atoms with E-state index in [2.05, 4.69) is 11.4 Å². The third-order valence-corrected chi connectivity index (χ3v) is 3.95. The summed E-state index contributed by atoms with van der Waals surface area (Å²) in [7, 11) is 1.65. The summed E-state index contributed by atoms with van der Waals surface area (Å²) in [4.78, 5) is 10.5. The molecule has 3 rings (SSSR count). The van der Waals surface area contributed by atoms with Crippen LogP contribution in [0.1, 0.15) is 11.5 Å². The lowest BCUT2D eigenvalue weighted by Crippen LogP contribution is -2.39. The van der Waals surface area contributed by atoms with Gasteiger partial charge in [0.2, 0.25) is 0 Å². The van der Waals surface area contributed by atoms with Gasteiger partial charge in [0.1, 0.15) is 5.75 Å². The molecule has 0 atom stereocenters. The Morgan fingerprint density at radius 2 is 2.09 bits per heavy atom. The molecule has 2 aromatic carbocycles. The molecule has 1 heterocycles. The molecule has 0 unspecified atom stereocenters. The number of benzene rings is 2. The van der Waals surface area contributed by atoms with Crippen molar-refractivity contribution in [2.45, 2.75) is 12.2 Å². The first-order valence-electron chi connectivity index (χ1n) is 7.44. The van der Waals surface area contributed by atoms with E-state index in [4.69, 9.17) is 19.3 Å². The summed E-state index contributed by atoms with van der Waals surface area (Å²) in [5, 5.41) is 13.1. The SMILES string of the molecule is COc1ccc2c(C3COC(CNC(=O)O)OC3)cccc2c1. The molecule has 122 valence electrons. The van der Waals surface area contributed by atoms with Crippen LogP contribution in [0, 0.1) is 0 Å². The minimum atomic E-state index is -1.08. The second-order valence-corrected chi connectivity index (χ2v) is 5.41. The highest BCUT2D eigenvalue weighted by Gasteiger charge is 2.25. The first kappa shape index (κ1) is 15.6. The topological polar surface area (TPSA) is 77.0 Å². The van der Waals surface area contributed by atoms with Crippen LogP contribution in [0.2, 0.25) is 0 Å². The van der Waals surface area contributed by atoms with E-state index in [1.807, 2.05) is 30.3 Å². The van der Waals surface area contributed by atoms with Crippen molar-refractivity contribution in [1.29, 1.82) is 0 Å². The predicted molar refractivity (Wildman–Crippen MR) is 85.0 cm³/mol. The van der Waals surface area contributed by atoms with Crippen LogP contribution in [0.15, 0.2) is 36.4 Å². The molecule has 1 aliphatic rings. The van der Waals surface area contributed by atoms with Crippen molar-refractivity contribution in [3.8, 4) is 5.75 Å². The minimum absolute atomic E-state index is 0.119. The summed E-state index contributed by atoms with van der Waals surface area (Å²) in [6.45, 7) is 1.13. The largest absolute Gasteiger partial charge is 0.497 e. The molecule has 2 N–H and O–H groups in total. The molecule has 1 aliphatic heterocycles. The Morgan fingerprint density at radius 3 is 2.78 bits per heavy atom. The molecular formula is C17H19NO5. The predicted octanol–water partition coefficient (Wildman–Crippen LogP) is 2.57. The van der Waals surface area contributed by atoms with Crippen molar-refractivity contribution in [2.24, 2.45) is 0 Å². The quantitative estimate of drug-likeness (QED) is 0.906. The van der Waals surface area contributed by atoms with Gasteiger partial charge in [0, 0.05) is 5.92 Å². The fourth-order valence-corrected chi connectivity index (χ4v) is 2.78. The number of carbonyl (C=O) groups is 1. The molecule has 1 saturated heterocycles. The van der Waals surface area contributed by atoms with Gasteiger partial charge in [-0.05, 0) is 28.5 Å². The first-order valence-corrected chi connectivity index (χ1v) is 7.44. The Labute approximate surface area is 134 Å². The van der Waals surface area contributed by atoms with E-state index in [0.717, 1.165) is 22.1 Å². The standard InChI is InChI=1S/C17H19NO5/c1-21-13-5-6-15-11(7-13)3-2-4-14(15)12-9-22-16(23-10-12)8-18-17(19)20/h2-7,12,16,18H,8-10H2,1H3,(H,19,20). The summed E-state index contributed by atoms with van der Waals surface area (Å²) in [5.41, 5.74) is 1.16. The lowest BCUT2D eigenvalue weighted by atomic mass is 9.94. The highest BCUT2D eigenvalue weighted by Crippen LogP contribution is 2.30. The summed E-state index contributed by atoms with van der Waals surface area (Å²) in [5.74, 6) is 0.943. The average Bonchev–Trinajstić information content (AvgIpc) is 2.59. The normalized spacial score (nSPS) is 21.1. The zero-order chi connectivity index (χ0) is 16.2. The van der Waals surface area contributed by atoms with Gasteiger partial charge in [-0.3, -0.25) is 0 Å². The summed E-state index contributed by atoms with van der Waals surface area (Å²) < 4.78 is 16.5. The molecule has 1 fully saturated rings. The van der Waals surface area contributed by atoms with Crippen LogP contribution in [0.25, 0.3) is 10.8 Å². The molecule has 0 spiro atoms. The number of amides is 1. The number of hydrogen-bond donors (Lipinski definition) is 2. The fourth-order valence-electron chi connectivity index (χ4n) is 2.78. The maximum atomic E-state index is 10.5. The van der Waals surface area contributed by atoms with Gasteiger partial charge in [0.25, 0.3) is 0 Å². The Balaban J connectivity index is 1.73. The number of hydrogen-bond acceptors (Lipinski definition) is 4. The molecule has 6 heteroatoms. The van der Waals surface area contributed by atoms with E-state index >= 15 is 0 Å². The number of methoxy groups -OCH3 is 1. The first-order chi connectivity index (χ1) is 11.2. The van der Waals surface area contributed by atoms with E-state index in [9.17, 15) is 4.79 Å². The molecule has 0 saturated carbocycles. The fraction of sp³-hybridized carbons (Fsp3) is 0.353. The summed E-state index contributed by atoms with van der Waals surface area (Å²) in [6, 6.07) is 12.1. The monoisotopic (exact) mass is 317 g/mol. The Morgan fingerprint density at radius 1 is 1.30 bits per heavy atom. The van der Waals surface area contributed by atoms with Crippen LogP contribution in [-0.2, 0) is 9.47 Å². The maximum absolute atomic E-state index is 10.5. The molecule has 0 aliphatic carbocycles. The van der Waals surface area contributed by atoms with Gasteiger partial charge in [-0.1, -0.05) is 24.3 Å². The molecule has 0 aromatic heterocycles. The van der Waals surface area contributed by atoms with Crippen molar-refractivity contribution in [2.75, 3.05) is 26.9 Å². The highest BCUT2D eigenvalue weighted by molar-refractivity contribution is 5.87. The number of carboxylic acid groups (broad SMARTS) is 1. The number of fused-ring (bicyclic) bond motifs is 1. The summed E-state index contributed by atoms with van der Waals surface area (Å²) >= 11 is 0. The number of rotatable bonds is 4. The van der Waals surface area contributed by atoms with Gasteiger partial charge in [0.15, 0.2) is 6.29 Å². The smallest absolute Gasteiger partial charge is 0.404 e. The Hall–Kier alpha value is -2.31. The van der Waals surface area contributed by atoms with Gasteiger partial charge in [-0.2, -0.15) is 0 Å². The average molecular weight is 317 g/mol. The van der Waals surface area contributed by atoms with Crippen LogP contribution in [0.3, 0.4) is 0 Å². The van der Waals surface area contributed by atoms with Crippen LogP contribution in [0.5, 0.6) is 5.75 Å². The van der Waals surface area contributed by atoms with Gasteiger partial charge >= 0.3 is 6.09 Å². The van der Waals surface area contributed by atoms with Crippen molar-refractivity contribution in [3.05, 3.63) is 42.0 Å². The van der Waals surface area contributed by atoms with Crippen LogP contribution in [-0.4, -0.2) is 44.4 Å². The lowest BCUT2D eigenvalue weighted by molar-refractivity contribution is -0.182. The van der Waals surface area contributed by atoms with E-state index < -0.39 is 12.4 Å². The lowest BCUT2D eigenvalue weighted by Gasteiger charge is -2.30. The number of ether oxygens (including phenoxy) is 3. The molecule has 6 nitrogen and oxygen atoms in total. The molecule has 0 bridgehead atoms. The molecule has 1 amide bonds. The summed E-state index contributed by atoms with van der Waals surface area (Å²) in [6.07, 6.45) is -1.61. The molecule has 2 aromatic rings. The third kappa shape index (κ3) is 3.55. The minimum Gasteiger partial charge on any atom is -0.497 e. The van der Waals surface area contributed by atoms with Gasteiger partial charge in [0.05, 0.1) is 26.9 Å². The van der Waals surface area contributed by atoms with Gasteiger partial charge in [-0.15, -0.1) is 0 Å². The van der Waals surface area contributed by atoms with Gasteiger partial charge < -0.3 is 24.6 Å². The van der Waals surface area contributed by atoms with Crippen molar-refractivity contribution in [1.82, 2.24) is 5.32 Å². The van der Waals surface area contributed by atoms with Crippen LogP contribution < -0.4 is 10.1 Å². The van der Waals surface area contributed by atoms with Gasteiger partial charge in [-0.25, -0.2) is 4.79 Å². The van der Waals surface area contributed by atoms with E-state index in [0.29, 0.717) is 13.2 Å². The van der Waals surface area contributed by atoms with Crippen LogP contribution in [0.4, 0.5) is 4.79 Å². The third-order valence-electron chi connectivity index (χ3n) is 3.95. The number of nitrogens with one attached hydrogen (secondary N) is 1. The van der Waals surface area contributed by atoms with Crippen molar-refractivity contribution >= 4 is 16.9 Å². The van der Waals surface area contributed by atoms with Crippen LogP contribution >= 0.6 is 0 Å². The van der Waals surface area contributed by atoms with E-state index in [1.54, 1.807) is 7.11 Å². The van der Waals surface area contributed by atoms with Crippen molar-refractivity contribution in [3.63, 3.8) is 0 Å². The second kappa shape index (κ2) is 6.85. The van der Waals surface area contributed by atoms with E-state index in [-0.39, 0.29) is 12.5 Å².